The molecule has 0 spiro atoms. The zero-order valence-electron chi connectivity index (χ0n) is 18.9. The maximum Gasteiger partial charge on any atom is 0.338 e. The summed E-state index contributed by atoms with van der Waals surface area (Å²) in [7, 11) is -3.83. The Morgan fingerprint density at radius 2 is 1.75 bits per heavy atom. The summed E-state index contributed by atoms with van der Waals surface area (Å²) in [6.45, 7) is 5.15. The van der Waals surface area contributed by atoms with Crippen molar-refractivity contribution in [3.63, 3.8) is 0 Å². The number of esters is 1. The van der Waals surface area contributed by atoms with Gasteiger partial charge in [0.2, 0.25) is 10.0 Å². The van der Waals surface area contributed by atoms with Gasteiger partial charge in [-0.2, -0.15) is 4.31 Å². The third-order valence-electron chi connectivity index (χ3n) is 6.36. The number of likely N-dealkylation sites (tertiary alicyclic amines) is 1. The van der Waals surface area contributed by atoms with Gasteiger partial charge in [0.25, 0.3) is 5.91 Å². The summed E-state index contributed by atoms with van der Waals surface area (Å²) in [5.41, 5.74) is 0.0631. The molecule has 2 aliphatic heterocycles. The molecule has 0 bridgehead atoms. The van der Waals surface area contributed by atoms with Gasteiger partial charge in [-0.05, 0) is 63.6 Å². The molecule has 0 saturated carbocycles. The SMILES string of the molecule is CCC1CCCCN1C(=O)C(C)OC(=O)c1ccc(Cl)c(S(=O)(=O)N2CCCCCC2)c1. The summed E-state index contributed by atoms with van der Waals surface area (Å²) in [6, 6.07) is 4.25. The molecule has 2 atom stereocenters. The molecule has 2 aliphatic rings. The van der Waals surface area contributed by atoms with E-state index in [-0.39, 0.29) is 27.4 Å². The van der Waals surface area contributed by atoms with Crippen LogP contribution in [0.25, 0.3) is 0 Å². The molecule has 2 saturated heterocycles. The highest BCUT2D eigenvalue weighted by molar-refractivity contribution is 7.89. The molecular weight excluding hydrogens is 452 g/mol. The molecule has 0 aliphatic carbocycles. The monoisotopic (exact) mass is 484 g/mol. The predicted molar refractivity (Wildman–Crippen MR) is 123 cm³/mol. The summed E-state index contributed by atoms with van der Waals surface area (Å²) in [4.78, 5) is 27.4. The molecule has 32 heavy (non-hydrogen) atoms. The average Bonchev–Trinajstić information content (AvgIpc) is 3.09. The molecule has 2 unspecified atom stereocenters. The average molecular weight is 485 g/mol. The summed E-state index contributed by atoms with van der Waals surface area (Å²) in [5, 5.41) is 0.0639. The number of carbonyl (C=O) groups excluding carboxylic acids is 2. The molecule has 1 aromatic carbocycles. The van der Waals surface area contributed by atoms with E-state index in [1.54, 1.807) is 11.8 Å². The van der Waals surface area contributed by atoms with Crippen LogP contribution in [-0.2, 0) is 19.6 Å². The van der Waals surface area contributed by atoms with E-state index in [0.717, 1.165) is 51.4 Å². The van der Waals surface area contributed by atoms with Crippen molar-refractivity contribution in [2.45, 2.75) is 82.3 Å². The van der Waals surface area contributed by atoms with Gasteiger partial charge in [-0.15, -0.1) is 0 Å². The Balaban J connectivity index is 1.75. The normalized spacial score (nSPS) is 21.6. The van der Waals surface area contributed by atoms with Crippen molar-refractivity contribution >= 4 is 33.5 Å². The third-order valence-corrected chi connectivity index (χ3v) is 8.74. The zero-order chi connectivity index (χ0) is 23.3. The van der Waals surface area contributed by atoms with Gasteiger partial charge < -0.3 is 9.64 Å². The molecule has 7 nitrogen and oxygen atoms in total. The number of benzene rings is 1. The van der Waals surface area contributed by atoms with Crippen LogP contribution in [0, 0.1) is 0 Å². The lowest BCUT2D eigenvalue weighted by molar-refractivity contribution is -0.143. The van der Waals surface area contributed by atoms with Crippen molar-refractivity contribution in [1.29, 1.82) is 0 Å². The maximum atomic E-state index is 13.2. The van der Waals surface area contributed by atoms with Crippen molar-refractivity contribution in [1.82, 2.24) is 9.21 Å². The number of piperidine rings is 1. The Hall–Kier alpha value is -1.64. The van der Waals surface area contributed by atoms with E-state index in [2.05, 4.69) is 0 Å². The van der Waals surface area contributed by atoms with Crippen molar-refractivity contribution in [2.75, 3.05) is 19.6 Å². The highest BCUT2D eigenvalue weighted by atomic mass is 35.5. The van der Waals surface area contributed by atoms with E-state index in [1.807, 2.05) is 6.92 Å². The number of nitrogens with zero attached hydrogens (tertiary/aromatic N) is 2. The molecular formula is C23H33ClN2O5S. The summed E-state index contributed by atoms with van der Waals surface area (Å²) in [6.07, 6.45) is 6.49. The predicted octanol–water partition coefficient (Wildman–Crippen LogP) is 4.24. The second-order valence-corrected chi connectivity index (χ2v) is 10.9. The summed E-state index contributed by atoms with van der Waals surface area (Å²) in [5.74, 6) is -0.948. The van der Waals surface area contributed by atoms with E-state index < -0.39 is 22.1 Å². The first-order valence-electron chi connectivity index (χ1n) is 11.6. The number of carbonyl (C=O) groups is 2. The van der Waals surface area contributed by atoms with Gasteiger partial charge in [-0.1, -0.05) is 31.4 Å². The number of hydrogen-bond donors (Lipinski definition) is 0. The van der Waals surface area contributed by atoms with Crippen LogP contribution >= 0.6 is 11.6 Å². The van der Waals surface area contributed by atoms with Gasteiger partial charge >= 0.3 is 5.97 Å². The molecule has 3 rings (SSSR count). The zero-order valence-corrected chi connectivity index (χ0v) is 20.5. The second-order valence-electron chi connectivity index (χ2n) is 8.60. The summed E-state index contributed by atoms with van der Waals surface area (Å²) >= 11 is 6.22. The number of hydrogen-bond acceptors (Lipinski definition) is 5. The maximum absolute atomic E-state index is 13.2. The molecule has 0 N–H and O–H groups in total. The van der Waals surface area contributed by atoms with E-state index in [4.69, 9.17) is 16.3 Å². The fourth-order valence-electron chi connectivity index (χ4n) is 4.48. The van der Waals surface area contributed by atoms with Crippen LogP contribution in [0.15, 0.2) is 23.1 Å². The highest BCUT2D eigenvalue weighted by Crippen LogP contribution is 2.28. The third kappa shape index (κ3) is 5.64. The standard InChI is InChI=1S/C23H33ClN2O5S/c1-3-19-10-6-9-15-26(19)22(27)17(2)31-23(28)18-11-12-20(24)21(16-18)32(29,30)25-13-7-4-5-8-14-25/h11-12,16-17,19H,3-10,13-15H2,1-2H3. The fraction of sp³-hybridized carbons (Fsp3) is 0.652. The molecule has 2 heterocycles. The van der Waals surface area contributed by atoms with Gasteiger partial charge in [0.15, 0.2) is 6.10 Å². The Bertz CT molecular complexity index is 928. The number of rotatable bonds is 6. The Kier molecular flexibility index (Phi) is 8.58. The topological polar surface area (TPSA) is 84.0 Å². The molecule has 0 radical (unpaired) electrons. The van der Waals surface area contributed by atoms with Crippen LogP contribution in [0.1, 0.15) is 75.6 Å². The Morgan fingerprint density at radius 3 is 2.41 bits per heavy atom. The Morgan fingerprint density at radius 1 is 1.09 bits per heavy atom. The van der Waals surface area contributed by atoms with Gasteiger partial charge in [0.1, 0.15) is 4.90 Å². The Labute approximate surface area is 196 Å². The minimum Gasteiger partial charge on any atom is -0.449 e. The fourth-order valence-corrected chi connectivity index (χ4v) is 6.49. The minimum atomic E-state index is -3.83. The second kappa shape index (κ2) is 11.0. The van der Waals surface area contributed by atoms with Gasteiger partial charge in [-0.3, -0.25) is 4.79 Å². The molecule has 178 valence electrons. The van der Waals surface area contributed by atoms with Crippen LogP contribution in [-0.4, -0.2) is 61.3 Å². The van der Waals surface area contributed by atoms with Crippen LogP contribution in [0.5, 0.6) is 0 Å². The number of halogens is 1. The van der Waals surface area contributed by atoms with Crippen LogP contribution < -0.4 is 0 Å². The molecule has 0 aromatic heterocycles. The lowest BCUT2D eigenvalue weighted by Crippen LogP contribution is -2.48. The minimum absolute atomic E-state index is 0.0631. The molecule has 2 fully saturated rings. The van der Waals surface area contributed by atoms with Crippen LogP contribution in [0.4, 0.5) is 0 Å². The van der Waals surface area contributed by atoms with E-state index >= 15 is 0 Å². The first-order chi connectivity index (χ1) is 15.3. The smallest absolute Gasteiger partial charge is 0.338 e. The first kappa shape index (κ1) is 25.0. The van der Waals surface area contributed by atoms with E-state index in [1.165, 1.54) is 22.5 Å². The van der Waals surface area contributed by atoms with Crippen LogP contribution in [0.3, 0.4) is 0 Å². The number of sulfonamides is 1. The van der Waals surface area contributed by atoms with Crippen molar-refractivity contribution in [3.8, 4) is 0 Å². The lowest BCUT2D eigenvalue weighted by Gasteiger charge is -2.36. The van der Waals surface area contributed by atoms with Crippen molar-refractivity contribution in [3.05, 3.63) is 28.8 Å². The lowest BCUT2D eigenvalue weighted by atomic mass is 9.99. The van der Waals surface area contributed by atoms with Crippen molar-refractivity contribution < 1.29 is 22.7 Å². The quantitative estimate of drug-likeness (QED) is 0.564. The van der Waals surface area contributed by atoms with Gasteiger partial charge in [-0.25, -0.2) is 13.2 Å². The number of amides is 1. The number of ether oxygens (including phenoxy) is 1. The molecule has 1 amide bonds. The van der Waals surface area contributed by atoms with Crippen molar-refractivity contribution in [2.24, 2.45) is 0 Å². The van der Waals surface area contributed by atoms with Gasteiger partial charge in [0.05, 0.1) is 10.6 Å². The van der Waals surface area contributed by atoms with Gasteiger partial charge in [0, 0.05) is 25.7 Å². The summed E-state index contributed by atoms with van der Waals surface area (Å²) < 4.78 is 33.2. The molecule has 9 heteroatoms. The first-order valence-corrected chi connectivity index (χ1v) is 13.4. The molecule has 1 aromatic rings. The van der Waals surface area contributed by atoms with E-state index in [0.29, 0.717) is 19.6 Å². The van der Waals surface area contributed by atoms with E-state index in [9.17, 15) is 18.0 Å². The highest BCUT2D eigenvalue weighted by Gasteiger charge is 2.32. The van der Waals surface area contributed by atoms with Crippen LogP contribution in [0.2, 0.25) is 5.02 Å². The largest absolute Gasteiger partial charge is 0.449 e.